The number of benzene rings is 2. The predicted molar refractivity (Wildman–Crippen MR) is 135 cm³/mol. The number of hydrogen-bond donors (Lipinski definition) is 0. The molecule has 7 nitrogen and oxygen atoms in total. The minimum Gasteiger partial charge on any atom is -0.370 e. The van der Waals surface area contributed by atoms with Crippen molar-refractivity contribution in [1.82, 2.24) is 9.88 Å². The summed E-state index contributed by atoms with van der Waals surface area (Å²) in [4.78, 5) is 34.7. The van der Waals surface area contributed by atoms with E-state index in [1.165, 1.54) is 41.4 Å². The molecule has 1 fully saturated rings. The molecule has 35 heavy (non-hydrogen) atoms. The van der Waals surface area contributed by atoms with E-state index >= 15 is 0 Å². The van der Waals surface area contributed by atoms with Gasteiger partial charge in [-0.1, -0.05) is 12.1 Å². The van der Waals surface area contributed by atoms with Crippen molar-refractivity contribution in [3.63, 3.8) is 0 Å². The Hall–Kier alpha value is -4.03. The minimum absolute atomic E-state index is 0.112. The molecular formula is C26H24FN5O2S. The molecule has 2 heterocycles. The van der Waals surface area contributed by atoms with E-state index in [4.69, 9.17) is 5.26 Å². The van der Waals surface area contributed by atoms with Crippen LogP contribution < -0.4 is 9.80 Å². The maximum Gasteiger partial charge on any atom is 0.246 e. The van der Waals surface area contributed by atoms with Gasteiger partial charge in [0.2, 0.25) is 11.8 Å². The van der Waals surface area contributed by atoms with Gasteiger partial charge in [-0.15, -0.1) is 11.3 Å². The minimum atomic E-state index is -0.513. The van der Waals surface area contributed by atoms with Crippen molar-refractivity contribution in [1.29, 1.82) is 5.26 Å². The number of para-hydroxylation sites is 1. The molecule has 0 radical (unpaired) electrons. The van der Waals surface area contributed by atoms with E-state index < -0.39 is 5.82 Å². The second-order valence-corrected chi connectivity index (χ2v) is 8.86. The van der Waals surface area contributed by atoms with E-state index in [0.29, 0.717) is 36.0 Å². The molecule has 2 amide bonds. The van der Waals surface area contributed by atoms with Gasteiger partial charge in [0.25, 0.3) is 0 Å². The van der Waals surface area contributed by atoms with Gasteiger partial charge in [-0.2, -0.15) is 5.26 Å². The van der Waals surface area contributed by atoms with Gasteiger partial charge in [-0.25, -0.2) is 9.37 Å². The summed E-state index contributed by atoms with van der Waals surface area (Å²) in [5.41, 5.74) is 2.32. The number of aromatic nitrogens is 1. The zero-order chi connectivity index (χ0) is 24.8. The fraction of sp³-hybridized carbons (Fsp3) is 0.231. The van der Waals surface area contributed by atoms with Crippen LogP contribution in [0.25, 0.3) is 6.08 Å². The molecule has 2 aromatic carbocycles. The highest BCUT2D eigenvalue weighted by atomic mass is 32.1. The van der Waals surface area contributed by atoms with E-state index in [0.717, 1.165) is 18.7 Å². The van der Waals surface area contributed by atoms with Crippen molar-refractivity contribution in [2.45, 2.75) is 13.3 Å². The molecule has 4 rings (SSSR count). The first kappa shape index (κ1) is 24.1. The maximum absolute atomic E-state index is 14.3. The average molecular weight is 490 g/mol. The van der Waals surface area contributed by atoms with Crippen LogP contribution in [-0.2, 0) is 9.59 Å². The highest BCUT2D eigenvalue weighted by Gasteiger charge is 2.21. The monoisotopic (exact) mass is 489 g/mol. The molecular weight excluding hydrogens is 465 g/mol. The summed E-state index contributed by atoms with van der Waals surface area (Å²) >= 11 is 1.20. The summed E-state index contributed by atoms with van der Waals surface area (Å²) in [6.45, 7) is 4.10. The lowest BCUT2D eigenvalue weighted by atomic mass is 10.2. The second-order valence-electron chi connectivity index (χ2n) is 8.02. The summed E-state index contributed by atoms with van der Waals surface area (Å²) in [6, 6.07) is 15.6. The van der Waals surface area contributed by atoms with Gasteiger partial charge >= 0.3 is 0 Å². The number of halogens is 1. The number of thiazole rings is 1. The molecule has 1 aliphatic heterocycles. The molecule has 0 saturated carbocycles. The number of carbonyl (C=O) groups excluding carboxylic acids is 2. The van der Waals surface area contributed by atoms with Gasteiger partial charge in [0.05, 0.1) is 23.0 Å². The summed E-state index contributed by atoms with van der Waals surface area (Å²) < 4.78 is 14.3. The van der Waals surface area contributed by atoms with E-state index in [1.807, 2.05) is 12.1 Å². The number of hydrogen-bond acceptors (Lipinski definition) is 6. The average Bonchev–Trinajstić information content (AvgIpc) is 3.18. The molecule has 1 saturated heterocycles. The quantitative estimate of drug-likeness (QED) is 0.490. The van der Waals surface area contributed by atoms with Crippen molar-refractivity contribution < 1.29 is 14.0 Å². The van der Waals surface area contributed by atoms with Crippen LogP contribution in [0.5, 0.6) is 0 Å². The summed E-state index contributed by atoms with van der Waals surface area (Å²) in [5, 5.41) is 11.0. The van der Waals surface area contributed by atoms with Crippen LogP contribution in [0.3, 0.4) is 0 Å². The number of anilines is 3. The third kappa shape index (κ3) is 5.73. The van der Waals surface area contributed by atoms with Gasteiger partial charge in [0, 0.05) is 50.2 Å². The van der Waals surface area contributed by atoms with Gasteiger partial charge in [0.1, 0.15) is 5.82 Å². The Balaban J connectivity index is 1.40. The molecule has 0 atom stereocenters. The Morgan fingerprint density at radius 1 is 1.11 bits per heavy atom. The Bertz CT molecular complexity index is 1280. The third-order valence-corrected chi connectivity index (χ3v) is 6.52. The van der Waals surface area contributed by atoms with E-state index in [-0.39, 0.29) is 17.5 Å². The zero-order valence-corrected chi connectivity index (χ0v) is 20.0. The van der Waals surface area contributed by atoms with E-state index in [1.54, 1.807) is 40.6 Å². The van der Waals surface area contributed by atoms with Crippen LogP contribution in [0.1, 0.15) is 24.6 Å². The molecule has 0 bridgehead atoms. The maximum atomic E-state index is 14.3. The highest BCUT2D eigenvalue weighted by Crippen LogP contribution is 2.31. The van der Waals surface area contributed by atoms with Gasteiger partial charge in [0.15, 0.2) is 5.13 Å². The smallest absolute Gasteiger partial charge is 0.246 e. The molecule has 9 heteroatoms. The number of nitriles is 1. The third-order valence-electron chi connectivity index (χ3n) is 5.68. The van der Waals surface area contributed by atoms with Gasteiger partial charge in [-0.3, -0.25) is 14.5 Å². The largest absolute Gasteiger partial charge is 0.370 e. The van der Waals surface area contributed by atoms with Crippen LogP contribution in [0.15, 0.2) is 60.0 Å². The number of carbonyl (C=O) groups is 2. The van der Waals surface area contributed by atoms with Crippen LogP contribution in [0, 0.1) is 17.1 Å². The fourth-order valence-electron chi connectivity index (χ4n) is 3.90. The van der Waals surface area contributed by atoms with E-state index in [9.17, 15) is 14.0 Å². The Kier molecular flexibility index (Phi) is 7.53. The van der Waals surface area contributed by atoms with Crippen molar-refractivity contribution in [2.24, 2.45) is 0 Å². The molecule has 1 aromatic heterocycles. The predicted octanol–water partition coefficient (Wildman–Crippen LogP) is 4.59. The number of nitrogens with zero attached hydrogens (tertiary/aromatic N) is 5. The van der Waals surface area contributed by atoms with Crippen molar-refractivity contribution >= 4 is 45.7 Å². The summed E-state index contributed by atoms with van der Waals surface area (Å²) in [6.07, 6.45) is 3.93. The van der Waals surface area contributed by atoms with Gasteiger partial charge in [-0.05, 0) is 48.9 Å². The number of rotatable bonds is 5. The first-order valence-corrected chi connectivity index (χ1v) is 12.1. The first-order valence-electron chi connectivity index (χ1n) is 11.2. The Labute approximate surface area is 207 Å². The lowest BCUT2D eigenvalue weighted by Crippen LogP contribution is -2.34. The molecule has 1 aliphatic rings. The van der Waals surface area contributed by atoms with Crippen LogP contribution in [0.2, 0.25) is 0 Å². The van der Waals surface area contributed by atoms with Crippen molar-refractivity contribution in [2.75, 3.05) is 36.0 Å². The number of amides is 2. The summed E-state index contributed by atoms with van der Waals surface area (Å²) in [5.74, 6) is -0.979. The van der Waals surface area contributed by atoms with Crippen molar-refractivity contribution in [3.8, 4) is 6.07 Å². The normalized spacial score (nSPS) is 14.0. The van der Waals surface area contributed by atoms with Crippen LogP contribution in [-0.4, -0.2) is 47.9 Å². The van der Waals surface area contributed by atoms with Gasteiger partial charge < -0.3 is 9.80 Å². The summed E-state index contributed by atoms with van der Waals surface area (Å²) in [7, 11) is 0. The molecule has 0 aliphatic carbocycles. The lowest BCUT2D eigenvalue weighted by molar-refractivity contribution is -0.125. The second kappa shape index (κ2) is 10.9. The first-order chi connectivity index (χ1) is 17.0. The molecule has 0 spiro atoms. The standard InChI is InChI=1S/C26H24FN5O2S/c1-19(33)32(24-6-3-2-5-23(24)27)26-29-21(18-35-26)9-12-25(34)31-14-4-13-30(15-16-31)22-10-7-20(17-28)8-11-22/h2-3,5-12,18H,4,13-16H2,1H3/b12-9+. The zero-order valence-electron chi connectivity index (χ0n) is 19.2. The van der Waals surface area contributed by atoms with E-state index in [2.05, 4.69) is 16.0 Å². The molecule has 178 valence electrons. The SMILES string of the molecule is CC(=O)N(c1nc(/C=C/C(=O)N2CCCN(c3ccc(C#N)cc3)CC2)cs1)c1ccccc1F. The lowest BCUT2D eigenvalue weighted by Gasteiger charge is -2.23. The topological polar surface area (TPSA) is 80.5 Å². The fourth-order valence-corrected chi connectivity index (χ4v) is 4.75. The molecule has 0 unspecified atom stereocenters. The highest BCUT2D eigenvalue weighted by molar-refractivity contribution is 7.14. The van der Waals surface area contributed by atoms with Crippen molar-refractivity contribution in [3.05, 3.63) is 77.1 Å². The molecule has 0 N–H and O–H groups in total. The van der Waals surface area contributed by atoms with Crippen LogP contribution >= 0.6 is 11.3 Å². The van der Waals surface area contributed by atoms with Crippen LogP contribution in [0.4, 0.5) is 20.9 Å². The Morgan fingerprint density at radius 3 is 2.60 bits per heavy atom. The molecule has 3 aromatic rings. The Morgan fingerprint density at radius 2 is 1.89 bits per heavy atom.